The summed E-state index contributed by atoms with van der Waals surface area (Å²) >= 11 is 0. The van der Waals surface area contributed by atoms with Crippen LogP contribution >= 0.6 is 0 Å². The predicted molar refractivity (Wildman–Crippen MR) is 76.2 cm³/mol. The molecule has 110 valence electrons. The molecule has 1 N–H and O–H groups in total. The topological polar surface area (TPSA) is 76.1 Å². The first-order valence-corrected chi connectivity index (χ1v) is 8.59. The SMILES string of the molecule is CC(C)C1(CNC(=O)c2ncccc2S(C)(=O)=O)CC1. The minimum atomic E-state index is -3.46. The van der Waals surface area contributed by atoms with Crippen LogP contribution in [0.4, 0.5) is 0 Å². The van der Waals surface area contributed by atoms with Crippen LogP contribution in [-0.4, -0.2) is 32.1 Å². The van der Waals surface area contributed by atoms with E-state index < -0.39 is 15.7 Å². The highest BCUT2D eigenvalue weighted by atomic mass is 32.2. The van der Waals surface area contributed by atoms with Gasteiger partial charge in [-0.25, -0.2) is 13.4 Å². The molecular formula is C14H20N2O3S. The van der Waals surface area contributed by atoms with Gasteiger partial charge < -0.3 is 5.32 Å². The van der Waals surface area contributed by atoms with Crippen molar-refractivity contribution in [2.75, 3.05) is 12.8 Å². The fraction of sp³-hybridized carbons (Fsp3) is 0.571. The van der Waals surface area contributed by atoms with Crippen LogP contribution in [0.5, 0.6) is 0 Å². The molecule has 0 atom stereocenters. The molecule has 0 radical (unpaired) electrons. The number of pyridine rings is 1. The minimum absolute atomic E-state index is 0.0189. The Labute approximate surface area is 119 Å². The van der Waals surface area contributed by atoms with Gasteiger partial charge >= 0.3 is 0 Å². The molecule has 1 aromatic heterocycles. The number of carbonyl (C=O) groups is 1. The molecule has 1 fully saturated rings. The van der Waals surface area contributed by atoms with Gasteiger partial charge in [0.05, 0.1) is 4.90 Å². The third kappa shape index (κ3) is 3.00. The lowest BCUT2D eigenvalue weighted by molar-refractivity contribution is 0.0931. The number of nitrogens with one attached hydrogen (secondary N) is 1. The zero-order valence-corrected chi connectivity index (χ0v) is 12.8. The summed E-state index contributed by atoms with van der Waals surface area (Å²) in [5.41, 5.74) is 0.157. The van der Waals surface area contributed by atoms with Crippen molar-refractivity contribution >= 4 is 15.7 Å². The van der Waals surface area contributed by atoms with E-state index in [2.05, 4.69) is 24.1 Å². The average molecular weight is 296 g/mol. The van der Waals surface area contributed by atoms with Gasteiger partial charge in [-0.3, -0.25) is 4.79 Å². The van der Waals surface area contributed by atoms with Crippen molar-refractivity contribution in [2.45, 2.75) is 31.6 Å². The number of hydrogen-bond donors (Lipinski definition) is 1. The Kier molecular flexibility index (Phi) is 3.86. The van der Waals surface area contributed by atoms with Crippen molar-refractivity contribution < 1.29 is 13.2 Å². The number of sulfone groups is 1. The molecule has 0 unspecified atom stereocenters. The zero-order valence-electron chi connectivity index (χ0n) is 12.0. The number of nitrogens with zero attached hydrogens (tertiary/aromatic N) is 1. The molecule has 0 spiro atoms. The van der Waals surface area contributed by atoms with Gasteiger partial charge in [-0.15, -0.1) is 0 Å². The van der Waals surface area contributed by atoms with Gasteiger partial charge in [0.25, 0.3) is 5.91 Å². The van der Waals surface area contributed by atoms with E-state index in [1.807, 2.05) is 0 Å². The third-order valence-electron chi connectivity index (χ3n) is 4.10. The molecule has 2 rings (SSSR count). The van der Waals surface area contributed by atoms with E-state index in [9.17, 15) is 13.2 Å². The second-order valence-corrected chi connectivity index (χ2v) is 7.81. The van der Waals surface area contributed by atoms with Crippen molar-refractivity contribution in [3.05, 3.63) is 24.0 Å². The average Bonchev–Trinajstić information content (AvgIpc) is 3.16. The molecule has 0 bridgehead atoms. The lowest BCUT2D eigenvalue weighted by Crippen LogP contribution is -2.33. The van der Waals surface area contributed by atoms with Crippen LogP contribution in [0.3, 0.4) is 0 Å². The number of carbonyl (C=O) groups excluding carboxylic acids is 1. The molecule has 1 aromatic rings. The first kappa shape index (κ1) is 15.0. The van der Waals surface area contributed by atoms with E-state index in [1.165, 1.54) is 18.3 Å². The second kappa shape index (κ2) is 5.16. The summed E-state index contributed by atoms with van der Waals surface area (Å²) in [4.78, 5) is 16.1. The maximum atomic E-state index is 12.2. The Morgan fingerprint density at radius 1 is 1.45 bits per heavy atom. The summed E-state index contributed by atoms with van der Waals surface area (Å²) in [6.07, 6.45) is 4.72. The van der Waals surface area contributed by atoms with Crippen LogP contribution in [0.1, 0.15) is 37.2 Å². The van der Waals surface area contributed by atoms with Gasteiger partial charge in [0.1, 0.15) is 5.69 Å². The van der Waals surface area contributed by atoms with Crippen LogP contribution in [-0.2, 0) is 9.84 Å². The summed E-state index contributed by atoms with van der Waals surface area (Å²) in [5, 5.41) is 2.83. The predicted octanol–water partition coefficient (Wildman–Crippen LogP) is 1.65. The summed E-state index contributed by atoms with van der Waals surface area (Å²) in [7, 11) is -3.46. The highest BCUT2D eigenvalue weighted by Gasteiger charge is 2.45. The molecule has 20 heavy (non-hydrogen) atoms. The molecule has 1 heterocycles. The van der Waals surface area contributed by atoms with Crippen molar-refractivity contribution in [1.29, 1.82) is 0 Å². The molecule has 0 aliphatic heterocycles. The third-order valence-corrected chi connectivity index (χ3v) is 5.23. The standard InChI is InChI=1S/C14H20N2O3S/c1-10(2)14(6-7-14)9-16-13(17)12-11(20(3,18)19)5-4-8-15-12/h4-5,8,10H,6-7,9H2,1-3H3,(H,16,17). The fourth-order valence-electron chi connectivity index (χ4n) is 2.32. The Hall–Kier alpha value is -1.43. The molecule has 0 saturated heterocycles. The van der Waals surface area contributed by atoms with Gasteiger partial charge in [-0.1, -0.05) is 13.8 Å². The van der Waals surface area contributed by atoms with E-state index >= 15 is 0 Å². The van der Waals surface area contributed by atoms with E-state index in [0.717, 1.165) is 19.1 Å². The second-order valence-electron chi connectivity index (χ2n) is 5.82. The number of rotatable bonds is 5. The highest BCUT2D eigenvalue weighted by Crippen LogP contribution is 2.51. The summed E-state index contributed by atoms with van der Waals surface area (Å²) in [6, 6.07) is 2.93. The number of aromatic nitrogens is 1. The van der Waals surface area contributed by atoms with Crippen molar-refractivity contribution in [2.24, 2.45) is 11.3 Å². The Morgan fingerprint density at radius 3 is 2.60 bits per heavy atom. The van der Waals surface area contributed by atoms with Crippen LogP contribution in [0.2, 0.25) is 0 Å². The lowest BCUT2D eigenvalue weighted by Gasteiger charge is -2.20. The molecule has 1 amide bonds. The summed E-state index contributed by atoms with van der Waals surface area (Å²) < 4.78 is 23.3. The monoisotopic (exact) mass is 296 g/mol. The number of hydrogen-bond acceptors (Lipinski definition) is 4. The normalized spacial score (nSPS) is 17.0. The van der Waals surface area contributed by atoms with Crippen molar-refractivity contribution in [3.8, 4) is 0 Å². The van der Waals surface area contributed by atoms with Gasteiger partial charge in [0.15, 0.2) is 9.84 Å². The summed E-state index contributed by atoms with van der Waals surface area (Å²) in [6.45, 7) is 4.85. The van der Waals surface area contributed by atoms with Gasteiger partial charge in [0, 0.05) is 19.0 Å². The van der Waals surface area contributed by atoms with E-state index in [4.69, 9.17) is 0 Å². The quantitative estimate of drug-likeness (QED) is 0.896. The largest absolute Gasteiger partial charge is 0.350 e. The highest BCUT2D eigenvalue weighted by molar-refractivity contribution is 7.90. The van der Waals surface area contributed by atoms with Gasteiger partial charge in [-0.05, 0) is 36.3 Å². The molecule has 1 saturated carbocycles. The smallest absolute Gasteiger partial charge is 0.271 e. The van der Waals surface area contributed by atoms with Crippen molar-refractivity contribution in [1.82, 2.24) is 10.3 Å². The van der Waals surface area contributed by atoms with Crippen LogP contribution < -0.4 is 5.32 Å². The van der Waals surface area contributed by atoms with E-state index in [1.54, 1.807) is 0 Å². The molecule has 1 aliphatic rings. The lowest BCUT2D eigenvalue weighted by atomic mass is 9.92. The van der Waals surface area contributed by atoms with E-state index in [-0.39, 0.29) is 16.0 Å². The minimum Gasteiger partial charge on any atom is -0.350 e. The maximum Gasteiger partial charge on any atom is 0.271 e. The van der Waals surface area contributed by atoms with Gasteiger partial charge in [0.2, 0.25) is 0 Å². The maximum absolute atomic E-state index is 12.2. The Balaban J connectivity index is 2.15. The van der Waals surface area contributed by atoms with Crippen LogP contribution in [0.15, 0.2) is 23.2 Å². The van der Waals surface area contributed by atoms with Crippen LogP contribution in [0, 0.1) is 11.3 Å². The Bertz CT molecular complexity index is 619. The van der Waals surface area contributed by atoms with Crippen molar-refractivity contribution in [3.63, 3.8) is 0 Å². The first-order chi connectivity index (χ1) is 9.26. The molecule has 6 heteroatoms. The van der Waals surface area contributed by atoms with Gasteiger partial charge in [-0.2, -0.15) is 0 Å². The molecule has 0 aromatic carbocycles. The fourth-order valence-corrected chi connectivity index (χ4v) is 3.14. The molecule has 5 nitrogen and oxygen atoms in total. The Morgan fingerprint density at radius 2 is 2.10 bits per heavy atom. The van der Waals surface area contributed by atoms with Crippen LogP contribution in [0.25, 0.3) is 0 Å². The molecule has 1 aliphatic carbocycles. The number of amides is 1. The zero-order chi connectivity index (χ0) is 15.0. The molecular weight excluding hydrogens is 276 g/mol. The summed E-state index contributed by atoms with van der Waals surface area (Å²) in [5.74, 6) is 0.0823. The first-order valence-electron chi connectivity index (χ1n) is 6.69. The van der Waals surface area contributed by atoms with E-state index in [0.29, 0.717) is 12.5 Å².